The number of ether oxygens (including phenoxy) is 2. The van der Waals surface area contributed by atoms with Crippen molar-refractivity contribution < 1.29 is 23.5 Å². The molecule has 2 aromatic carbocycles. The van der Waals surface area contributed by atoms with Crippen LogP contribution in [-0.2, 0) is 10.2 Å². The van der Waals surface area contributed by atoms with Crippen molar-refractivity contribution >= 4 is 23.8 Å². The average molecular weight is 492 g/mol. The summed E-state index contributed by atoms with van der Waals surface area (Å²) in [5.41, 5.74) is 10.7. The number of nitrogens with two attached hydrogens (primary N) is 1. The number of nitrogen functional groups attached to an aromatic ring is 1. The van der Waals surface area contributed by atoms with E-state index in [4.69, 9.17) is 19.6 Å². The number of esters is 1. The van der Waals surface area contributed by atoms with Crippen LogP contribution in [0.2, 0.25) is 0 Å². The summed E-state index contributed by atoms with van der Waals surface area (Å²) in [4.78, 5) is 24.1. The molecule has 190 valence electrons. The molecule has 1 amide bonds. The third-order valence-electron chi connectivity index (χ3n) is 5.34. The van der Waals surface area contributed by atoms with Gasteiger partial charge in [0, 0.05) is 0 Å². The van der Waals surface area contributed by atoms with E-state index in [2.05, 4.69) is 45.1 Å². The molecule has 3 rings (SSSR count). The number of benzene rings is 2. The van der Waals surface area contributed by atoms with E-state index < -0.39 is 11.9 Å². The SMILES string of the molecule is CC(C)(C)CC(C)(C)c1ccc(OCC(=O)N/N=C/c2ccc(OC(=O)c3ccco3)c(N)c2)cc1. The number of amides is 1. The van der Waals surface area contributed by atoms with Gasteiger partial charge in [-0.05, 0) is 70.8 Å². The summed E-state index contributed by atoms with van der Waals surface area (Å²) in [6.07, 6.45) is 3.85. The maximum Gasteiger partial charge on any atom is 0.379 e. The number of carbonyl (C=O) groups is 2. The molecule has 0 radical (unpaired) electrons. The van der Waals surface area contributed by atoms with Crippen LogP contribution in [0.15, 0.2) is 70.4 Å². The van der Waals surface area contributed by atoms with Crippen LogP contribution in [0.3, 0.4) is 0 Å². The van der Waals surface area contributed by atoms with Gasteiger partial charge in [0.1, 0.15) is 5.75 Å². The predicted octanol–water partition coefficient (Wildman–Crippen LogP) is 5.32. The maximum atomic E-state index is 12.1. The number of carbonyl (C=O) groups excluding carboxylic acids is 2. The molecule has 0 fully saturated rings. The van der Waals surface area contributed by atoms with Crippen LogP contribution in [0.25, 0.3) is 0 Å². The first-order valence-electron chi connectivity index (χ1n) is 11.6. The van der Waals surface area contributed by atoms with Gasteiger partial charge in [0.25, 0.3) is 5.91 Å². The standard InChI is InChI=1S/C28H33N3O5/c1-27(2,3)18-28(4,5)20-9-11-21(12-10-20)35-17-25(32)31-30-16-19-8-13-23(22(29)15-19)36-26(33)24-7-6-14-34-24/h6-16H,17-18,29H2,1-5H3,(H,31,32)/b30-16+. The second kappa shape index (κ2) is 11.1. The summed E-state index contributed by atoms with van der Waals surface area (Å²) in [7, 11) is 0. The summed E-state index contributed by atoms with van der Waals surface area (Å²) in [6, 6.07) is 15.7. The molecule has 0 unspecified atom stereocenters. The van der Waals surface area contributed by atoms with Crippen molar-refractivity contribution in [2.75, 3.05) is 12.3 Å². The number of rotatable bonds is 9. The molecule has 1 heterocycles. The first-order valence-corrected chi connectivity index (χ1v) is 11.6. The van der Waals surface area contributed by atoms with Gasteiger partial charge in [-0.2, -0.15) is 5.10 Å². The number of hydrogen-bond acceptors (Lipinski definition) is 7. The van der Waals surface area contributed by atoms with Crippen LogP contribution in [0, 0.1) is 5.41 Å². The van der Waals surface area contributed by atoms with E-state index >= 15 is 0 Å². The molecule has 0 saturated heterocycles. The van der Waals surface area contributed by atoms with E-state index in [-0.39, 0.29) is 34.6 Å². The minimum atomic E-state index is -0.649. The van der Waals surface area contributed by atoms with Gasteiger partial charge in [-0.15, -0.1) is 0 Å². The molecule has 3 N–H and O–H groups in total. The average Bonchev–Trinajstić information content (AvgIpc) is 3.33. The van der Waals surface area contributed by atoms with Crippen LogP contribution in [0.1, 0.15) is 62.7 Å². The Labute approximate surface area is 211 Å². The Morgan fingerprint density at radius 3 is 2.39 bits per heavy atom. The normalized spacial score (nSPS) is 11.9. The summed E-state index contributed by atoms with van der Waals surface area (Å²) >= 11 is 0. The molecule has 0 saturated carbocycles. The van der Waals surface area contributed by atoms with E-state index in [0.29, 0.717) is 11.3 Å². The smallest absolute Gasteiger partial charge is 0.379 e. The first kappa shape index (κ1) is 26.5. The van der Waals surface area contributed by atoms with E-state index in [1.807, 2.05) is 24.3 Å². The van der Waals surface area contributed by atoms with Gasteiger partial charge in [0.05, 0.1) is 18.2 Å². The number of nitrogens with zero attached hydrogens (tertiary/aromatic N) is 1. The monoisotopic (exact) mass is 491 g/mol. The van der Waals surface area contributed by atoms with E-state index in [1.165, 1.54) is 30.2 Å². The fourth-order valence-corrected chi connectivity index (χ4v) is 4.08. The van der Waals surface area contributed by atoms with Gasteiger partial charge in [-0.1, -0.05) is 46.8 Å². The molecule has 3 aromatic rings. The topological polar surface area (TPSA) is 116 Å². The molecular formula is C28H33N3O5. The summed E-state index contributed by atoms with van der Waals surface area (Å²) < 4.78 is 15.8. The second-order valence-corrected chi connectivity index (χ2v) is 10.4. The molecule has 0 spiro atoms. The zero-order valence-corrected chi connectivity index (χ0v) is 21.3. The van der Waals surface area contributed by atoms with Crippen LogP contribution in [0.5, 0.6) is 11.5 Å². The number of furan rings is 1. The van der Waals surface area contributed by atoms with Crippen LogP contribution < -0.4 is 20.6 Å². The van der Waals surface area contributed by atoms with Crippen molar-refractivity contribution in [1.82, 2.24) is 5.43 Å². The van der Waals surface area contributed by atoms with E-state index in [0.717, 1.165) is 6.42 Å². The van der Waals surface area contributed by atoms with Gasteiger partial charge in [0.15, 0.2) is 12.4 Å². The second-order valence-electron chi connectivity index (χ2n) is 10.4. The number of nitrogens with one attached hydrogen (secondary N) is 1. The van der Waals surface area contributed by atoms with Crippen molar-refractivity contribution in [2.24, 2.45) is 10.5 Å². The molecule has 0 bridgehead atoms. The van der Waals surface area contributed by atoms with Crippen LogP contribution >= 0.6 is 0 Å². The lowest BCUT2D eigenvalue weighted by molar-refractivity contribution is -0.123. The van der Waals surface area contributed by atoms with E-state index in [1.54, 1.807) is 18.2 Å². The lowest BCUT2D eigenvalue weighted by Gasteiger charge is -2.33. The molecule has 0 aliphatic rings. The lowest BCUT2D eigenvalue weighted by atomic mass is 9.72. The number of hydrogen-bond donors (Lipinski definition) is 2. The van der Waals surface area contributed by atoms with Crippen molar-refractivity contribution in [3.63, 3.8) is 0 Å². The van der Waals surface area contributed by atoms with Gasteiger partial charge in [-0.25, -0.2) is 10.2 Å². The van der Waals surface area contributed by atoms with Crippen molar-refractivity contribution in [1.29, 1.82) is 0 Å². The minimum absolute atomic E-state index is 0.0333. The molecule has 8 heteroatoms. The van der Waals surface area contributed by atoms with Gasteiger partial charge < -0.3 is 19.6 Å². The number of anilines is 1. The Morgan fingerprint density at radius 1 is 1.06 bits per heavy atom. The Hall–Kier alpha value is -4.07. The predicted molar refractivity (Wildman–Crippen MR) is 139 cm³/mol. The first-order chi connectivity index (χ1) is 16.9. The molecular weight excluding hydrogens is 458 g/mol. The highest BCUT2D eigenvalue weighted by molar-refractivity contribution is 5.89. The van der Waals surface area contributed by atoms with Crippen molar-refractivity contribution in [3.8, 4) is 11.5 Å². The molecule has 8 nitrogen and oxygen atoms in total. The fraction of sp³-hybridized carbons (Fsp3) is 0.321. The minimum Gasteiger partial charge on any atom is -0.484 e. The zero-order chi connectivity index (χ0) is 26.3. The van der Waals surface area contributed by atoms with E-state index in [9.17, 15) is 9.59 Å². The zero-order valence-electron chi connectivity index (χ0n) is 21.3. The van der Waals surface area contributed by atoms with Crippen molar-refractivity contribution in [3.05, 3.63) is 77.7 Å². The maximum absolute atomic E-state index is 12.1. The molecule has 0 atom stereocenters. The Morgan fingerprint density at radius 2 is 1.78 bits per heavy atom. The quantitative estimate of drug-likeness (QED) is 0.138. The molecule has 36 heavy (non-hydrogen) atoms. The number of hydrazone groups is 1. The largest absolute Gasteiger partial charge is 0.484 e. The highest BCUT2D eigenvalue weighted by atomic mass is 16.5. The molecule has 1 aromatic heterocycles. The Balaban J connectivity index is 1.47. The van der Waals surface area contributed by atoms with Gasteiger partial charge >= 0.3 is 5.97 Å². The summed E-state index contributed by atoms with van der Waals surface area (Å²) in [6.45, 7) is 11.0. The van der Waals surface area contributed by atoms with Gasteiger partial charge in [0.2, 0.25) is 5.76 Å². The molecule has 0 aliphatic heterocycles. The lowest BCUT2D eigenvalue weighted by Crippen LogP contribution is -2.25. The van der Waals surface area contributed by atoms with Gasteiger partial charge in [-0.3, -0.25) is 4.79 Å². The Kier molecular flexibility index (Phi) is 8.19. The molecule has 0 aliphatic carbocycles. The summed E-state index contributed by atoms with van der Waals surface area (Å²) in [5, 5.41) is 3.92. The third-order valence-corrected chi connectivity index (χ3v) is 5.34. The highest BCUT2D eigenvalue weighted by Gasteiger charge is 2.27. The Bertz CT molecular complexity index is 1210. The fourth-order valence-electron chi connectivity index (χ4n) is 4.08. The third kappa shape index (κ3) is 7.73. The highest BCUT2D eigenvalue weighted by Crippen LogP contribution is 2.36. The van der Waals surface area contributed by atoms with Crippen LogP contribution in [-0.4, -0.2) is 24.7 Å². The van der Waals surface area contributed by atoms with Crippen molar-refractivity contribution in [2.45, 2.75) is 46.5 Å². The van der Waals surface area contributed by atoms with Crippen LogP contribution in [0.4, 0.5) is 5.69 Å². The summed E-state index contributed by atoms with van der Waals surface area (Å²) in [5.74, 6) is -0.176.